The minimum atomic E-state index is -1.11. The highest BCUT2D eigenvalue weighted by Gasteiger charge is 2.59. The van der Waals surface area contributed by atoms with E-state index in [0.29, 0.717) is 13.2 Å². The van der Waals surface area contributed by atoms with Gasteiger partial charge < -0.3 is 38.3 Å². The molecule has 33 heavy (non-hydrogen) atoms. The van der Waals surface area contributed by atoms with E-state index in [9.17, 15) is 5.11 Å². The molecule has 0 amide bonds. The molecule has 3 heterocycles. The third-order valence-corrected chi connectivity index (χ3v) is 5.68. The van der Waals surface area contributed by atoms with E-state index in [-0.39, 0.29) is 19.1 Å². The van der Waals surface area contributed by atoms with Gasteiger partial charge in [0.2, 0.25) is 0 Å². The number of hydrogen-bond donors (Lipinski definition) is 1. The van der Waals surface area contributed by atoms with Gasteiger partial charge in [0.05, 0.1) is 25.4 Å². The predicted molar refractivity (Wildman–Crippen MR) is 118 cm³/mol. The summed E-state index contributed by atoms with van der Waals surface area (Å²) in [6, 6.07) is 9.81. The predicted octanol–water partition coefficient (Wildman–Crippen LogP) is 2.72. The van der Waals surface area contributed by atoms with E-state index >= 15 is 0 Å². The van der Waals surface area contributed by atoms with Gasteiger partial charge in [0.25, 0.3) is 0 Å². The van der Waals surface area contributed by atoms with Crippen molar-refractivity contribution in [3.05, 3.63) is 35.9 Å². The SMILES string of the molecule is CC1(C)O[C@H]2O[C@H]([C@H]3COC(C)(C)O3)[C@H](OC#CC[C@](C)(O)COCc3ccccc3)[C@H]2O1. The summed E-state index contributed by atoms with van der Waals surface area (Å²) in [6.07, 6.45) is 0.592. The molecule has 0 bridgehead atoms. The summed E-state index contributed by atoms with van der Waals surface area (Å²) < 4.78 is 41.2. The largest absolute Gasteiger partial charge is 0.437 e. The van der Waals surface area contributed by atoms with Crippen molar-refractivity contribution in [2.24, 2.45) is 0 Å². The first kappa shape index (κ1) is 24.4. The van der Waals surface area contributed by atoms with E-state index in [2.05, 4.69) is 12.0 Å². The lowest BCUT2D eigenvalue weighted by atomic mass is 10.0. The van der Waals surface area contributed by atoms with Crippen molar-refractivity contribution >= 4 is 0 Å². The number of ether oxygens (including phenoxy) is 7. The number of rotatable bonds is 7. The van der Waals surface area contributed by atoms with Crippen molar-refractivity contribution in [1.82, 2.24) is 0 Å². The summed E-state index contributed by atoms with van der Waals surface area (Å²) in [7, 11) is 0. The maximum absolute atomic E-state index is 10.6. The number of aliphatic hydroxyl groups is 1. The Morgan fingerprint density at radius 3 is 2.52 bits per heavy atom. The van der Waals surface area contributed by atoms with Crippen molar-refractivity contribution in [3.8, 4) is 12.0 Å². The summed E-state index contributed by atoms with van der Waals surface area (Å²) in [5, 5.41) is 10.6. The Bertz CT molecular complexity index is 856. The Balaban J connectivity index is 1.33. The number of fused-ring (bicyclic) bond motifs is 1. The van der Waals surface area contributed by atoms with Crippen molar-refractivity contribution in [2.75, 3.05) is 13.2 Å². The average Bonchev–Trinajstić information content (AvgIpc) is 3.35. The van der Waals surface area contributed by atoms with Crippen LogP contribution in [0.2, 0.25) is 0 Å². The second-order valence-electron chi connectivity index (χ2n) is 9.95. The Labute approximate surface area is 195 Å². The van der Waals surface area contributed by atoms with E-state index in [1.165, 1.54) is 0 Å². The molecule has 3 aliphatic heterocycles. The fraction of sp³-hybridized carbons (Fsp3) is 0.680. The van der Waals surface area contributed by atoms with Gasteiger partial charge in [-0.05, 0) is 40.2 Å². The van der Waals surface area contributed by atoms with Crippen LogP contribution in [0.1, 0.15) is 46.6 Å². The van der Waals surface area contributed by atoms with E-state index in [4.69, 9.17) is 33.2 Å². The maximum atomic E-state index is 10.6. The molecule has 3 saturated heterocycles. The molecule has 6 atom stereocenters. The first-order valence-electron chi connectivity index (χ1n) is 11.3. The van der Waals surface area contributed by atoms with Crippen molar-refractivity contribution in [3.63, 3.8) is 0 Å². The normalized spacial score (nSPS) is 33.7. The standard InChI is InChI=1S/C25H34O8/c1-23(2)29-15-18(31-23)19-20(21-22(30-19)33-24(3,4)32-21)28-13-9-12-25(5,26)16-27-14-17-10-7-6-8-11-17/h6-8,10-11,18-22,26H,12,14-16H2,1-5H3/t18-,19-,20+,21-,22-,25+/m1/s1. The zero-order valence-electron chi connectivity index (χ0n) is 19.9. The van der Waals surface area contributed by atoms with Crippen LogP contribution < -0.4 is 0 Å². The minimum Gasteiger partial charge on any atom is -0.437 e. The molecule has 0 spiro atoms. The van der Waals surface area contributed by atoms with Crippen LogP contribution in [0, 0.1) is 12.0 Å². The molecule has 1 aromatic rings. The number of benzene rings is 1. The Morgan fingerprint density at radius 2 is 1.82 bits per heavy atom. The third kappa shape index (κ3) is 6.25. The monoisotopic (exact) mass is 462 g/mol. The zero-order valence-corrected chi connectivity index (χ0v) is 19.9. The second kappa shape index (κ2) is 9.51. The third-order valence-electron chi connectivity index (χ3n) is 5.68. The lowest BCUT2D eigenvalue weighted by Crippen LogP contribution is -2.43. The van der Waals surface area contributed by atoms with Gasteiger partial charge in [0, 0.05) is 6.42 Å². The van der Waals surface area contributed by atoms with Gasteiger partial charge in [-0.2, -0.15) is 0 Å². The molecule has 182 valence electrons. The molecule has 4 rings (SSSR count). The Hall–Kier alpha value is -1.70. The molecule has 0 saturated carbocycles. The van der Waals surface area contributed by atoms with Gasteiger partial charge in [-0.3, -0.25) is 0 Å². The highest BCUT2D eigenvalue weighted by atomic mass is 16.8. The molecule has 0 unspecified atom stereocenters. The molecule has 3 aliphatic rings. The quantitative estimate of drug-likeness (QED) is 0.620. The van der Waals surface area contributed by atoms with Crippen LogP contribution in [0.4, 0.5) is 0 Å². The average molecular weight is 463 g/mol. The molecule has 0 radical (unpaired) electrons. The highest BCUT2D eigenvalue weighted by Crippen LogP contribution is 2.41. The summed E-state index contributed by atoms with van der Waals surface area (Å²) in [5.74, 6) is 1.43. The fourth-order valence-electron chi connectivity index (χ4n) is 4.17. The molecule has 8 nitrogen and oxygen atoms in total. The molecule has 1 aromatic carbocycles. The Morgan fingerprint density at radius 1 is 1.06 bits per heavy atom. The first-order valence-corrected chi connectivity index (χ1v) is 11.3. The molecular weight excluding hydrogens is 428 g/mol. The van der Waals surface area contributed by atoms with Gasteiger partial charge >= 0.3 is 0 Å². The Kier molecular flexibility index (Phi) is 7.04. The topological polar surface area (TPSA) is 84.8 Å². The van der Waals surface area contributed by atoms with Crippen LogP contribution >= 0.6 is 0 Å². The highest BCUT2D eigenvalue weighted by molar-refractivity contribution is 5.13. The van der Waals surface area contributed by atoms with E-state index in [1.807, 2.05) is 58.0 Å². The summed E-state index contributed by atoms with van der Waals surface area (Å²) >= 11 is 0. The molecular formula is C25H34O8. The smallest absolute Gasteiger partial charge is 0.191 e. The summed E-state index contributed by atoms with van der Waals surface area (Å²) in [6.45, 7) is 10.0. The van der Waals surface area contributed by atoms with Crippen LogP contribution in [0.25, 0.3) is 0 Å². The van der Waals surface area contributed by atoms with Crippen LogP contribution in [0.5, 0.6) is 0 Å². The van der Waals surface area contributed by atoms with Gasteiger partial charge in [-0.1, -0.05) is 36.3 Å². The van der Waals surface area contributed by atoms with Crippen molar-refractivity contribution < 1.29 is 38.3 Å². The molecule has 0 aliphatic carbocycles. The van der Waals surface area contributed by atoms with E-state index in [1.54, 1.807) is 6.92 Å². The molecule has 8 heteroatoms. The zero-order chi connectivity index (χ0) is 23.7. The van der Waals surface area contributed by atoms with Gasteiger partial charge in [-0.15, -0.1) is 0 Å². The van der Waals surface area contributed by atoms with Gasteiger partial charge in [0.15, 0.2) is 30.1 Å². The van der Waals surface area contributed by atoms with Gasteiger partial charge in [-0.25, -0.2) is 0 Å². The maximum Gasteiger partial charge on any atom is 0.191 e. The first-order chi connectivity index (χ1) is 15.5. The van der Waals surface area contributed by atoms with E-state index in [0.717, 1.165) is 5.56 Å². The van der Waals surface area contributed by atoms with Crippen LogP contribution in [0.3, 0.4) is 0 Å². The molecule has 1 N–H and O–H groups in total. The lowest BCUT2D eigenvalue weighted by molar-refractivity contribution is -0.231. The van der Waals surface area contributed by atoms with Crippen LogP contribution in [0.15, 0.2) is 30.3 Å². The fourth-order valence-corrected chi connectivity index (χ4v) is 4.17. The van der Waals surface area contributed by atoms with Crippen molar-refractivity contribution in [2.45, 2.75) is 95.5 Å². The number of hydrogen-bond acceptors (Lipinski definition) is 8. The van der Waals surface area contributed by atoms with Gasteiger partial charge in [0.1, 0.15) is 18.3 Å². The lowest BCUT2D eigenvalue weighted by Gasteiger charge is -2.27. The second-order valence-corrected chi connectivity index (χ2v) is 9.95. The summed E-state index contributed by atoms with van der Waals surface area (Å²) in [5.41, 5.74) is -0.0618. The summed E-state index contributed by atoms with van der Waals surface area (Å²) in [4.78, 5) is 0. The minimum absolute atomic E-state index is 0.157. The van der Waals surface area contributed by atoms with Crippen LogP contribution in [-0.4, -0.2) is 66.2 Å². The van der Waals surface area contributed by atoms with Crippen LogP contribution in [-0.2, 0) is 39.8 Å². The van der Waals surface area contributed by atoms with E-state index < -0.39 is 41.8 Å². The van der Waals surface area contributed by atoms with Crippen molar-refractivity contribution in [1.29, 1.82) is 0 Å². The molecule has 0 aromatic heterocycles. The molecule has 3 fully saturated rings.